The van der Waals surface area contributed by atoms with Crippen molar-refractivity contribution in [1.82, 2.24) is 15.3 Å². The van der Waals surface area contributed by atoms with Crippen molar-refractivity contribution in [3.05, 3.63) is 47.8 Å². The van der Waals surface area contributed by atoms with Crippen LogP contribution in [0.4, 0.5) is 4.39 Å². The molecule has 0 radical (unpaired) electrons. The number of nitrogens with zero attached hydrogens (tertiary/aromatic N) is 1. The van der Waals surface area contributed by atoms with E-state index >= 15 is 0 Å². The molecular weight excluding hydrogens is 277 g/mol. The minimum atomic E-state index is -0.211. The standard InChI is InChI=1S/C14H18FN3OS/c1-19-6-5-16-8-12-9-17-14(18-12)10-20-13-4-2-3-11(15)7-13/h2-4,7,9,16H,5-6,8,10H2,1H3,(H,17,18). The lowest BCUT2D eigenvalue weighted by Gasteiger charge is -2.01. The Morgan fingerprint density at radius 1 is 1.45 bits per heavy atom. The third-order valence-electron chi connectivity index (χ3n) is 2.65. The molecule has 108 valence electrons. The number of H-pyrrole nitrogens is 1. The largest absolute Gasteiger partial charge is 0.383 e. The molecule has 4 nitrogen and oxygen atoms in total. The number of aromatic amines is 1. The lowest BCUT2D eigenvalue weighted by atomic mass is 10.4. The van der Waals surface area contributed by atoms with Gasteiger partial charge in [-0.3, -0.25) is 0 Å². The van der Waals surface area contributed by atoms with E-state index in [1.54, 1.807) is 24.9 Å². The quantitative estimate of drug-likeness (QED) is 0.580. The van der Waals surface area contributed by atoms with Crippen molar-refractivity contribution >= 4 is 11.8 Å². The van der Waals surface area contributed by atoms with Crippen LogP contribution in [0, 0.1) is 5.82 Å². The van der Waals surface area contributed by atoms with E-state index in [1.807, 2.05) is 12.3 Å². The monoisotopic (exact) mass is 295 g/mol. The van der Waals surface area contributed by atoms with Crippen LogP contribution in [0.5, 0.6) is 0 Å². The van der Waals surface area contributed by atoms with Crippen LogP contribution in [-0.2, 0) is 17.0 Å². The average molecular weight is 295 g/mol. The molecule has 1 heterocycles. The molecule has 0 saturated heterocycles. The number of aromatic nitrogens is 2. The van der Waals surface area contributed by atoms with Gasteiger partial charge in [0.1, 0.15) is 11.6 Å². The first kappa shape index (κ1) is 15.0. The van der Waals surface area contributed by atoms with E-state index in [4.69, 9.17) is 4.74 Å². The van der Waals surface area contributed by atoms with E-state index in [0.717, 1.165) is 29.5 Å². The van der Waals surface area contributed by atoms with Crippen LogP contribution in [0.15, 0.2) is 35.4 Å². The molecular formula is C14H18FN3OS. The number of rotatable bonds is 8. The van der Waals surface area contributed by atoms with Crippen LogP contribution >= 0.6 is 11.8 Å². The second-order valence-corrected chi connectivity index (χ2v) is 5.32. The van der Waals surface area contributed by atoms with E-state index in [2.05, 4.69) is 15.3 Å². The fraction of sp³-hybridized carbons (Fsp3) is 0.357. The fourth-order valence-electron chi connectivity index (χ4n) is 1.67. The molecule has 1 aromatic heterocycles. The number of benzene rings is 1. The smallest absolute Gasteiger partial charge is 0.124 e. The first-order valence-electron chi connectivity index (χ1n) is 6.38. The Bertz CT molecular complexity index is 533. The van der Waals surface area contributed by atoms with E-state index in [9.17, 15) is 4.39 Å². The summed E-state index contributed by atoms with van der Waals surface area (Å²) in [6, 6.07) is 6.58. The summed E-state index contributed by atoms with van der Waals surface area (Å²) in [7, 11) is 1.68. The number of hydrogen-bond acceptors (Lipinski definition) is 4. The molecule has 0 saturated carbocycles. The second-order valence-electron chi connectivity index (χ2n) is 4.27. The number of hydrogen-bond donors (Lipinski definition) is 2. The number of ether oxygens (including phenoxy) is 1. The summed E-state index contributed by atoms with van der Waals surface area (Å²) < 4.78 is 18.0. The summed E-state index contributed by atoms with van der Waals surface area (Å²) in [5, 5.41) is 3.24. The fourth-order valence-corrected chi connectivity index (χ4v) is 2.50. The zero-order chi connectivity index (χ0) is 14.2. The molecule has 0 spiro atoms. The number of methoxy groups -OCH3 is 1. The Kier molecular flexibility index (Phi) is 6.04. The first-order valence-corrected chi connectivity index (χ1v) is 7.37. The number of nitrogens with one attached hydrogen (secondary N) is 2. The molecule has 0 atom stereocenters. The van der Waals surface area contributed by atoms with E-state index in [0.29, 0.717) is 12.4 Å². The van der Waals surface area contributed by atoms with Crippen molar-refractivity contribution < 1.29 is 9.13 Å². The summed E-state index contributed by atoms with van der Waals surface area (Å²) in [5.74, 6) is 1.38. The molecule has 0 unspecified atom stereocenters. The molecule has 0 aliphatic rings. The van der Waals surface area contributed by atoms with Gasteiger partial charge in [-0.15, -0.1) is 11.8 Å². The van der Waals surface area contributed by atoms with Crippen LogP contribution in [0.25, 0.3) is 0 Å². The van der Waals surface area contributed by atoms with Gasteiger partial charge in [0.05, 0.1) is 12.4 Å². The molecule has 2 aromatic rings. The molecule has 6 heteroatoms. The Morgan fingerprint density at radius 3 is 3.15 bits per heavy atom. The second kappa shape index (κ2) is 8.04. The lowest BCUT2D eigenvalue weighted by molar-refractivity contribution is 0.199. The third kappa shape index (κ3) is 4.96. The molecule has 20 heavy (non-hydrogen) atoms. The van der Waals surface area contributed by atoms with Gasteiger partial charge in [-0.1, -0.05) is 6.07 Å². The van der Waals surface area contributed by atoms with Gasteiger partial charge < -0.3 is 15.0 Å². The van der Waals surface area contributed by atoms with Gasteiger partial charge in [-0.25, -0.2) is 9.37 Å². The van der Waals surface area contributed by atoms with Crippen LogP contribution in [0.3, 0.4) is 0 Å². The summed E-state index contributed by atoms with van der Waals surface area (Å²) in [5.41, 5.74) is 1.04. The van der Waals surface area contributed by atoms with Gasteiger partial charge in [0.25, 0.3) is 0 Å². The lowest BCUT2D eigenvalue weighted by Crippen LogP contribution is -2.18. The van der Waals surface area contributed by atoms with Crippen LogP contribution in [-0.4, -0.2) is 30.2 Å². The molecule has 0 aliphatic heterocycles. The summed E-state index contributed by atoms with van der Waals surface area (Å²) in [6.07, 6.45) is 1.82. The maximum absolute atomic E-state index is 13.0. The molecule has 1 aromatic carbocycles. The number of thioether (sulfide) groups is 1. The number of imidazole rings is 1. The minimum absolute atomic E-state index is 0.211. The zero-order valence-corrected chi connectivity index (χ0v) is 12.2. The van der Waals surface area contributed by atoms with Gasteiger partial charge in [0.15, 0.2) is 0 Å². The van der Waals surface area contributed by atoms with Crippen molar-refractivity contribution in [2.45, 2.75) is 17.2 Å². The van der Waals surface area contributed by atoms with E-state index in [1.165, 1.54) is 12.1 Å². The molecule has 2 N–H and O–H groups in total. The van der Waals surface area contributed by atoms with Gasteiger partial charge >= 0.3 is 0 Å². The third-order valence-corrected chi connectivity index (χ3v) is 3.66. The van der Waals surface area contributed by atoms with Gasteiger partial charge in [-0.2, -0.15) is 0 Å². The van der Waals surface area contributed by atoms with Crippen molar-refractivity contribution in [2.75, 3.05) is 20.3 Å². The highest BCUT2D eigenvalue weighted by atomic mass is 32.2. The highest BCUT2D eigenvalue weighted by Crippen LogP contribution is 2.21. The molecule has 0 amide bonds. The SMILES string of the molecule is COCCNCc1cnc(CSc2cccc(F)c2)[nH]1. The van der Waals surface area contributed by atoms with Crippen molar-refractivity contribution in [1.29, 1.82) is 0 Å². The Labute approximate surface area is 122 Å². The first-order chi connectivity index (χ1) is 9.78. The van der Waals surface area contributed by atoms with Gasteiger partial charge in [0, 0.05) is 37.0 Å². The van der Waals surface area contributed by atoms with E-state index < -0.39 is 0 Å². The van der Waals surface area contributed by atoms with Crippen molar-refractivity contribution in [3.8, 4) is 0 Å². The molecule has 0 fully saturated rings. The average Bonchev–Trinajstić information content (AvgIpc) is 2.89. The highest BCUT2D eigenvalue weighted by Gasteiger charge is 2.02. The predicted molar refractivity (Wildman–Crippen MR) is 78.1 cm³/mol. The minimum Gasteiger partial charge on any atom is -0.383 e. The zero-order valence-electron chi connectivity index (χ0n) is 11.4. The summed E-state index contributed by atoms with van der Waals surface area (Å²) >= 11 is 1.56. The molecule has 0 aliphatic carbocycles. The summed E-state index contributed by atoms with van der Waals surface area (Å²) in [6.45, 7) is 2.24. The number of halogens is 1. The van der Waals surface area contributed by atoms with Crippen molar-refractivity contribution in [2.24, 2.45) is 0 Å². The topological polar surface area (TPSA) is 49.9 Å². The van der Waals surface area contributed by atoms with Crippen LogP contribution in [0.1, 0.15) is 11.5 Å². The van der Waals surface area contributed by atoms with Crippen LogP contribution < -0.4 is 5.32 Å². The molecule has 0 bridgehead atoms. The Hall–Kier alpha value is -1.37. The maximum atomic E-state index is 13.0. The van der Waals surface area contributed by atoms with Gasteiger partial charge in [-0.05, 0) is 18.2 Å². The maximum Gasteiger partial charge on any atom is 0.124 e. The van der Waals surface area contributed by atoms with Crippen LogP contribution in [0.2, 0.25) is 0 Å². The normalized spacial score (nSPS) is 10.9. The predicted octanol–water partition coefficient (Wildman–Crippen LogP) is 2.58. The molecule has 2 rings (SSSR count). The Balaban J connectivity index is 1.78. The van der Waals surface area contributed by atoms with Gasteiger partial charge in [0.2, 0.25) is 0 Å². The highest BCUT2D eigenvalue weighted by molar-refractivity contribution is 7.98. The van der Waals surface area contributed by atoms with Crippen molar-refractivity contribution in [3.63, 3.8) is 0 Å². The summed E-state index contributed by atoms with van der Waals surface area (Å²) in [4.78, 5) is 8.46. The Morgan fingerprint density at radius 2 is 2.35 bits per heavy atom. The van der Waals surface area contributed by atoms with E-state index in [-0.39, 0.29) is 5.82 Å².